The van der Waals surface area contributed by atoms with E-state index in [9.17, 15) is 19.2 Å². The fourth-order valence-corrected chi connectivity index (χ4v) is 3.32. The third-order valence-corrected chi connectivity index (χ3v) is 5.00. The first-order valence-electron chi connectivity index (χ1n) is 8.95. The van der Waals surface area contributed by atoms with Crippen molar-refractivity contribution < 1.29 is 14.4 Å². The Balaban J connectivity index is 1.88. The van der Waals surface area contributed by atoms with Crippen LogP contribution in [0.15, 0.2) is 4.79 Å². The summed E-state index contributed by atoms with van der Waals surface area (Å²) < 4.78 is 6.10. The van der Waals surface area contributed by atoms with Crippen LogP contribution in [0.4, 0.5) is 0 Å². The van der Waals surface area contributed by atoms with Crippen molar-refractivity contribution in [1.82, 2.24) is 24.7 Å². The number of H-pyrrole nitrogens is 1. The van der Waals surface area contributed by atoms with Gasteiger partial charge in [-0.15, -0.1) is 0 Å². The number of carbonyl (C=O) groups excluding carboxylic acids is 3. The summed E-state index contributed by atoms with van der Waals surface area (Å²) >= 11 is 0.813. The van der Waals surface area contributed by atoms with Crippen LogP contribution in [0.1, 0.15) is 63.9 Å². The lowest BCUT2D eigenvalue weighted by Crippen LogP contribution is -2.62. The normalized spacial score (nSPS) is 16.7. The van der Waals surface area contributed by atoms with Crippen molar-refractivity contribution >= 4 is 29.4 Å². The van der Waals surface area contributed by atoms with Crippen LogP contribution in [0.2, 0.25) is 0 Å². The van der Waals surface area contributed by atoms with Gasteiger partial charge in [0.1, 0.15) is 6.04 Å². The number of hydrogen-bond acceptors (Lipinski definition) is 6. The Morgan fingerprint density at radius 2 is 1.96 bits per heavy atom. The lowest BCUT2D eigenvalue weighted by atomic mass is 9.76. The molecule has 2 rings (SSSR count). The van der Waals surface area contributed by atoms with E-state index in [1.165, 1.54) is 0 Å². The molecule has 1 aliphatic carbocycles. The van der Waals surface area contributed by atoms with E-state index in [4.69, 9.17) is 0 Å². The molecule has 3 amide bonds. The van der Waals surface area contributed by atoms with Gasteiger partial charge in [-0.1, -0.05) is 20.8 Å². The molecule has 0 saturated heterocycles. The molecule has 0 aromatic carbocycles. The molecule has 150 valence electrons. The highest BCUT2D eigenvalue weighted by Crippen LogP contribution is 2.31. The van der Waals surface area contributed by atoms with Crippen molar-refractivity contribution in [3.8, 4) is 0 Å². The van der Waals surface area contributed by atoms with Gasteiger partial charge < -0.3 is 16.0 Å². The molecule has 0 bridgehead atoms. The highest BCUT2D eigenvalue weighted by molar-refractivity contribution is 6.99. The van der Waals surface area contributed by atoms with Crippen LogP contribution in [-0.4, -0.2) is 44.6 Å². The van der Waals surface area contributed by atoms with Gasteiger partial charge in [-0.3, -0.25) is 23.6 Å². The van der Waals surface area contributed by atoms with E-state index in [1.807, 2.05) is 20.8 Å². The highest BCUT2D eigenvalue weighted by Gasteiger charge is 2.40. The van der Waals surface area contributed by atoms with Crippen LogP contribution >= 0.6 is 11.7 Å². The molecular weight excluding hydrogens is 370 g/mol. The maximum Gasteiger partial charge on any atom is 0.291 e. The van der Waals surface area contributed by atoms with Gasteiger partial charge in [-0.2, -0.15) is 4.37 Å². The lowest BCUT2D eigenvalue weighted by Gasteiger charge is -2.43. The van der Waals surface area contributed by atoms with Gasteiger partial charge in [0.25, 0.3) is 11.5 Å². The number of aromatic amines is 1. The Morgan fingerprint density at radius 3 is 2.44 bits per heavy atom. The van der Waals surface area contributed by atoms with E-state index < -0.39 is 23.0 Å². The van der Waals surface area contributed by atoms with Crippen molar-refractivity contribution in [1.29, 1.82) is 0 Å². The predicted molar refractivity (Wildman–Crippen MR) is 101 cm³/mol. The molecule has 1 aliphatic rings. The second-order valence-electron chi connectivity index (χ2n) is 8.29. The first-order valence-corrected chi connectivity index (χ1v) is 9.73. The Kier molecular flexibility index (Phi) is 6.40. The number of rotatable bonds is 7. The summed E-state index contributed by atoms with van der Waals surface area (Å²) in [5.74, 6) is -1.04. The molecule has 1 unspecified atom stereocenters. The van der Waals surface area contributed by atoms with Crippen molar-refractivity contribution in [3.63, 3.8) is 0 Å². The number of amides is 3. The van der Waals surface area contributed by atoms with Gasteiger partial charge in [0, 0.05) is 24.7 Å². The van der Waals surface area contributed by atoms with Gasteiger partial charge in [0.15, 0.2) is 0 Å². The zero-order valence-corrected chi connectivity index (χ0v) is 16.9. The maximum atomic E-state index is 12.5. The van der Waals surface area contributed by atoms with Gasteiger partial charge in [0.05, 0.1) is 5.54 Å². The van der Waals surface area contributed by atoms with Gasteiger partial charge >= 0.3 is 0 Å². The van der Waals surface area contributed by atoms with Crippen LogP contribution in [0.25, 0.3) is 0 Å². The Morgan fingerprint density at radius 1 is 1.30 bits per heavy atom. The summed E-state index contributed by atoms with van der Waals surface area (Å²) in [6, 6.07) is -0.672. The standard InChI is InChI=1S/C17H27N5O4S/c1-10(19-11(23)8-16(2,3)4)13(24)20-17(6-5-7-17)9-18-14(25)12-15(26)22-27-21-12/h10H,5-9H2,1-4H3,(H,18,25)(H,19,23)(H,20,24)(H,22,26). The summed E-state index contributed by atoms with van der Waals surface area (Å²) in [6.07, 6.45) is 2.69. The first kappa shape index (κ1) is 21.1. The summed E-state index contributed by atoms with van der Waals surface area (Å²) in [5, 5.41) is 8.32. The van der Waals surface area contributed by atoms with Crippen molar-refractivity contribution in [2.24, 2.45) is 5.41 Å². The monoisotopic (exact) mass is 397 g/mol. The second kappa shape index (κ2) is 8.20. The third kappa shape index (κ3) is 5.88. The summed E-state index contributed by atoms with van der Waals surface area (Å²) in [7, 11) is 0. The average molecular weight is 398 g/mol. The third-order valence-electron chi connectivity index (χ3n) is 4.45. The summed E-state index contributed by atoms with van der Waals surface area (Å²) in [6.45, 7) is 7.71. The molecule has 0 radical (unpaired) electrons. The van der Waals surface area contributed by atoms with E-state index in [0.29, 0.717) is 6.42 Å². The molecule has 27 heavy (non-hydrogen) atoms. The Hall–Kier alpha value is -2.23. The molecule has 1 atom stereocenters. The fourth-order valence-electron chi connectivity index (χ4n) is 2.84. The highest BCUT2D eigenvalue weighted by atomic mass is 32.1. The molecule has 4 N–H and O–H groups in total. The number of hydrogen-bond donors (Lipinski definition) is 4. The minimum Gasteiger partial charge on any atom is -0.348 e. The van der Waals surface area contributed by atoms with E-state index in [1.54, 1.807) is 6.92 Å². The summed E-state index contributed by atoms with van der Waals surface area (Å²) in [5.41, 5.74) is -1.42. The number of nitrogens with one attached hydrogen (secondary N) is 4. The number of carbonyl (C=O) groups is 3. The van der Waals surface area contributed by atoms with E-state index in [2.05, 4.69) is 24.7 Å². The fraction of sp³-hybridized carbons (Fsp3) is 0.706. The number of nitrogens with zero attached hydrogens (tertiary/aromatic N) is 1. The molecule has 1 aromatic rings. The lowest BCUT2D eigenvalue weighted by molar-refractivity contribution is -0.131. The molecule has 10 heteroatoms. The summed E-state index contributed by atoms with van der Waals surface area (Å²) in [4.78, 5) is 48.0. The molecule has 9 nitrogen and oxygen atoms in total. The van der Waals surface area contributed by atoms with Gasteiger partial charge in [0.2, 0.25) is 17.5 Å². The van der Waals surface area contributed by atoms with E-state index in [0.717, 1.165) is 31.0 Å². The van der Waals surface area contributed by atoms with Gasteiger partial charge in [-0.05, 0) is 31.6 Å². The topological polar surface area (TPSA) is 133 Å². The van der Waals surface area contributed by atoms with Crippen LogP contribution in [-0.2, 0) is 9.59 Å². The zero-order valence-electron chi connectivity index (χ0n) is 16.1. The Bertz CT molecular complexity index is 760. The quantitative estimate of drug-likeness (QED) is 0.533. The smallest absolute Gasteiger partial charge is 0.291 e. The predicted octanol–water partition coefficient (Wildman–Crippen LogP) is 0.541. The average Bonchev–Trinajstić information content (AvgIpc) is 2.93. The second-order valence-corrected chi connectivity index (χ2v) is 8.86. The molecule has 1 fully saturated rings. The van der Waals surface area contributed by atoms with Crippen molar-refractivity contribution in [2.75, 3.05) is 6.54 Å². The molecule has 0 spiro atoms. The van der Waals surface area contributed by atoms with Gasteiger partial charge in [-0.25, -0.2) is 0 Å². The van der Waals surface area contributed by atoms with Crippen LogP contribution in [0.3, 0.4) is 0 Å². The van der Waals surface area contributed by atoms with E-state index in [-0.39, 0.29) is 29.5 Å². The van der Waals surface area contributed by atoms with Crippen LogP contribution in [0, 0.1) is 5.41 Å². The zero-order chi connectivity index (χ0) is 20.2. The minimum absolute atomic E-state index is 0.159. The van der Waals surface area contributed by atoms with E-state index >= 15 is 0 Å². The molecule has 0 aliphatic heterocycles. The molecule has 1 heterocycles. The largest absolute Gasteiger partial charge is 0.348 e. The SMILES string of the molecule is CC(NC(=O)CC(C)(C)C)C(=O)NC1(CNC(=O)c2ns[nH]c2=O)CCC1. The molecular formula is C17H27N5O4S. The van der Waals surface area contributed by atoms with Crippen LogP contribution in [0.5, 0.6) is 0 Å². The number of aromatic nitrogens is 2. The van der Waals surface area contributed by atoms with Crippen LogP contribution < -0.4 is 21.5 Å². The molecule has 1 saturated carbocycles. The molecule has 1 aromatic heterocycles. The Labute approximate surface area is 162 Å². The van der Waals surface area contributed by atoms with Crippen molar-refractivity contribution in [2.45, 2.75) is 65.0 Å². The van der Waals surface area contributed by atoms with Crippen molar-refractivity contribution in [3.05, 3.63) is 16.0 Å². The first-order chi connectivity index (χ1) is 12.5. The minimum atomic E-state index is -0.672. The maximum absolute atomic E-state index is 12.5.